The van der Waals surface area contributed by atoms with Gasteiger partial charge >= 0.3 is 0 Å². The Bertz CT molecular complexity index is 5760. The first kappa shape index (κ1) is 45.2. The Morgan fingerprint density at radius 2 is 0.560 bits per heavy atom. The van der Waals surface area contributed by atoms with Gasteiger partial charge in [0, 0.05) is 82.2 Å². The molecule has 0 aliphatic rings. The molecular formula is C75H42N6O3. The zero-order valence-corrected chi connectivity index (χ0v) is 44.7. The smallest absolute Gasteiger partial charge is 0.164 e. The van der Waals surface area contributed by atoms with Crippen molar-refractivity contribution in [2.24, 2.45) is 0 Å². The molecule has 0 aliphatic carbocycles. The number of hydrogen-bond donors (Lipinski definition) is 0. The molecule has 7 heterocycles. The molecule has 0 saturated carbocycles. The minimum absolute atomic E-state index is 0.549. The van der Waals surface area contributed by atoms with Crippen molar-refractivity contribution in [1.29, 1.82) is 0 Å². The van der Waals surface area contributed by atoms with Gasteiger partial charge in [-0.1, -0.05) is 133 Å². The van der Waals surface area contributed by atoms with Crippen molar-refractivity contribution in [1.82, 2.24) is 28.7 Å². The van der Waals surface area contributed by atoms with E-state index in [0.717, 1.165) is 165 Å². The molecule has 0 spiro atoms. The van der Waals surface area contributed by atoms with Gasteiger partial charge in [0.2, 0.25) is 0 Å². The van der Waals surface area contributed by atoms with Gasteiger partial charge in [-0.2, -0.15) is 0 Å². The summed E-state index contributed by atoms with van der Waals surface area (Å²) >= 11 is 0. The number of benzene rings is 12. The standard InChI is InChI=1S/C75H42N6O3/c1-7-25-58-55(22-1)67-61(38-35-52-49-19-4-10-28-64(49)82-70(52)67)79(58)46-33-31-43(32-34-46)73-76-74(44-15-13-17-47(41-44)80-59-26-8-2-23-56(59)68-62(80)39-36-53-50-20-5-11-29-65(50)83-71(53)68)78-75(77-73)45-16-14-18-48(42-45)81-60-27-9-3-24-57(60)69-63(81)40-37-54-51-21-6-12-30-66(51)84-72(54)69/h1-42H. The molecule has 84 heavy (non-hydrogen) atoms. The van der Waals surface area contributed by atoms with Gasteiger partial charge in [0.25, 0.3) is 0 Å². The summed E-state index contributed by atoms with van der Waals surface area (Å²) in [5.41, 5.74) is 17.2. The highest BCUT2D eigenvalue weighted by atomic mass is 16.3. The van der Waals surface area contributed by atoms with Crippen LogP contribution in [0.3, 0.4) is 0 Å². The van der Waals surface area contributed by atoms with E-state index in [4.69, 9.17) is 28.2 Å². The lowest BCUT2D eigenvalue weighted by Gasteiger charge is -2.13. The number of furan rings is 3. The summed E-state index contributed by atoms with van der Waals surface area (Å²) in [6.07, 6.45) is 0. The molecule has 0 fully saturated rings. The van der Waals surface area contributed by atoms with Gasteiger partial charge in [-0.15, -0.1) is 0 Å². The van der Waals surface area contributed by atoms with E-state index in [-0.39, 0.29) is 0 Å². The third-order valence-electron chi connectivity index (χ3n) is 17.3. The van der Waals surface area contributed by atoms with Crippen LogP contribution in [-0.4, -0.2) is 28.7 Å². The summed E-state index contributed by atoms with van der Waals surface area (Å²) in [6, 6.07) is 89.4. The van der Waals surface area contributed by atoms with Gasteiger partial charge in [-0.3, -0.25) is 0 Å². The number of rotatable bonds is 6. The van der Waals surface area contributed by atoms with Gasteiger partial charge in [0.15, 0.2) is 17.5 Å². The Labute approximate surface area is 476 Å². The molecule has 19 rings (SSSR count). The fraction of sp³-hybridized carbons (Fsp3) is 0. The zero-order valence-electron chi connectivity index (χ0n) is 44.7. The normalized spacial score (nSPS) is 12.3. The Kier molecular flexibility index (Phi) is 9.15. The second kappa shape index (κ2) is 17.0. The number of nitrogens with zero attached hydrogens (tertiary/aromatic N) is 6. The van der Waals surface area contributed by atoms with Crippen LogP contribution in [-0.2, 0) is 0 Å². The molecule has 9 nitrogen and oxygen atoms in total. The van der Waals surface area contributed by atoms with E-state index in [1.165, 1.54) is 0 Å². The van der Waals surface area contributed by atoms with Crippen LogP contribution in [0.15, 0.2) is 268 Å². The van der Waals surface area contributed by atoms with Crippen molar-refractivity contribution < 1.29 is 13.3 Å². The van der Waals surface area contributed by atoms with Crippen molar-refractivity contribution in [3.63, 3.8) is 0 Å². The lowest BCUT2D eigenvalue weighted by atomic mass is 10.1. The summed E-state index contributed by atoms with van der Waals surface area (Å²) in [5.74, 6) is 1.65. The quantitative estimate of drug-likeness (QED) is 0.165. The van der Waals surface area contributed by atoms with Crippen LogP contribution in [0.25, 0.3) is 182 Å². The molecule has 7 aromatic heterocycles. The lowest BCUT2D eigenvalue weighted by Crippen LogP contribution is -2.02. The zero-order chi connectivity index (χ0) is 54.7. The monoisotopic (exact) mass is 1070 g/mol. The minimum atomic E-state index is 0.549. The summed E-state index contributed by atoms with van der Waals surface area (Å²) in [6.45, 7) is 0. The van der Waals surface area contributed by atoms with E-state index in [0.29, 0.717) is 17.5 Å². The highest BCUT2D eigenvalue weighted by Crippen LogP contribution is 2.45. The number of aromatic nitrogens is 6. The molecule has 390 valence electrons. The van der Waals surface area contributed by atoms with Gasteiger partial charge in [-0.05, 0) is 121 Å². The minimum Gasteiger partial charge on any atom is -0.455 e. The van der Waals surface area contributed by atoms with E-state index in [9.17, 15) is 0 Å². The predicted octanol–water partition coefficient (Wildman–Crippen LogP) is 19.9. The number of para-hydroxylation sites is 6. The molecule has 0 atom stereocenters. The van der Waals surface area contributed by atoms with E-state index in [2.05, 4.69) is 232 Å². The van der Waals surface area contributed by atoms with Crippen molar-refractivity contribution >= 4 is 131 Å². The Balaban J connectivity index is 0.792. The first-order valence-corrected chi connectivity index (χ1v) is 28.2. The maximum Gasteiger partial charge on any atom is 0.164 e. The molecule has 0 unspecified atom stereocenters. The number of fused-ring (bicyclic) bond motifs is 21. The maximum absolute atomic E-state index is 6.67. The molecule has 0 bridgehead atoms. The van der Waals surface area contributed by atoms with Crippen LogP contribution in [0.4, 0.5) is 0 Å². The molecule has 0 saturated heterocycles. The van der Waals surface area contributed by atoms with Gasteiger partial charge in [-0.25, -0.2) is 15.0 Å². The van der Waals surface area contributed by atoms with Gasteiger partial charge in [0.05, 0.1) is 49.3 Å². The van der Waals surface area contributed by atoms with Crippen molar-refractivity contribution in [3.8, 4) is 51.2 Å². The topological polar surface area (TPSA) is 92.9 Å². The van der Waals surface area contributed by atoms with Crippen LogP contribution in [0.5, 0.6) is 0 Å². The molecule has 19 aromatic rings. The van der Waals surface area contributed by atoms with Gasteiger partial charge < -0.3 is 27.0 Å². The Morgan fingerprint density at radius 1 is 0.226 bits per heavy atom. The highest BCUT2D eigenvalue weighted by Gasteiger charge is 2.24. The average Bonchev–Trinajstić information content (AvgIpc) is 2.04. The van der Waals surface area contributed by atoms with Crippen LogP contribution >= 0.6 is 0 Å². The Hall–Kier alpha value is -11.6. The third kappa shape index (κ3) is 6.34. The van der Waals surface area contributed by atoms with Gasteiger partial charge in [0.1, 0.15) is 33.5 Å². The van der Waals surface area contributed by atoms with E-state index in [1.54, 1.807) is 0 Å². The predicted molar refractivity (Wildman–Crippen MR) is 341 cm³/mol. The highest BCUT2D eigenvalue weighted by molar-refractivity contribution is 6.26. The largest absolute Gasteiger partial charge is 0.455 e. The second-order valence-corrected chi connectivity index (χ2v) is 21.8. The SMILES string of the molecule is c1cc(-c2nc(-c3ccc(-n4c5ccccc5c5c6oc7ccccc7c6ccc54)cc3)nc(-c3cccc(-n4c5ccccc5c5c6oc7ccccc7c6ccc54)c3)n2)cc(-n2c3ccccc3c3c4oc5ccccc5c4ccc32)c1. The Morgan fingerprint density at radius 3 is 0.952 bits per heavy atom. The number of hydrogen-bond acceptors (Lipinski definition) is 6. The molecular weight excluding hydrogens is 1030 g/mol. The summed E-state index contributed by atoms with van der Waals surface area (Å²) in [7, 11) is 0. The van der Waals surface area contributed by atoms with Crippen LogP contribution in [0.1, 0.15) is 0 Å². The maximum atomic E-state index is 6.67. The molecule has 0 aliphatic heterocycles. The fourth-order valence-electron chi connectivity index (χ4n) is 13.6. The second-order valence-electron chi connectivity index (χ2n) is 21.8. The van der Waals surface area contributed by atoms with Crippen molar-refractivity contribution in [2.45, 2.75) is 0 Å². The first-order chi connectivity index (χ1) is 41.6. The first-order valence-electron chi connectivity index (χ1n) is 28.2. The van der Waals surface area contributed by atoms with Crippen LogP contribution in [0, 0.1) is 0 Å². The van der Waals surface area contributed by atoms with E-state index < -0.39 is 0 Å². The molecule has 0 N–H and O–H groups in total. The van der Waals surface area contributed by atoms with Crippen LogP contribution < -0.4 is 0 Å². The summed E-state index contributed by atoms with van der Waals surface area (Å²) in [5, 5.41) is 13.2. The third-order valence-corrected chi connectivity index (χ3v) is 17.3. The van der Waals surface area contributed by atoms with Crippen LogP contribution in [0.2, 0.25) is 0 Å². The molecule has 12 aromatic carbocycles. The lowest BCUT2D eigenvalue weighted by molar-refractivity contribution is 0.672. The van der Waals surface area contributed by atoms with Crippen molar-refractivity contribution in [3.05, 3.63) is 255 Å². The molecule has 0 radical (unpaired) electrons. The average molecular weight is 1080 g/mol. The van der Waals surface area contributed by atoms with Crippen molar-refractivity contribution in [2.75, 3.05) is 0 Å². The molecule has 0 amide bonds. The summed E-state index contributed by atoms with van der Waals surface area (Å²) < 4.78 is 26.9. The summed E-state index contributed by atoms with van der Waals surface area (Å²) in [4.78, 5) is 16.2. The molecule has 9 heteroatoms. The fourth-order valence-corrected chi connectivity index (χ4v) is 13.6. The van der Waals surface area contributed by atoms with E-state index >= 15 is 0 Å². The van der Waals surface area contributed by atoms with E-state index in [1.807, 2.05) is 36.4 Å².